The maximum absolute atomic E-state index is 12.8. The Balaban J connectivity index is 2.62. The van der Waals surface area contributed by atoms with Gasteiger partial charge in [0.15, 0.2) is 6.04 Å². The minimum absolute atomic E-state index is 0.0675. The van der Waals surface area contributed by atoms with E-state index in [0.717, 1.165) is 0 Å². The maximum Gasteiger partial charge on any atom is 0.471 e. The highest BCUT2D eigenvalue weighted by Gasteiger charge is 2.49. The average Bonchev–Trinajstić information content (AvgIpc) is 2.52. The lowest BCUT2D eigenvalue weighted by atomic mass is 9.90. The van der Waals surface area contributed by atoms with Crippen LogP contribution in [-0.2, 0) is 14.4 Å². The molecule has 1 aliphatic rings. The molecule has 2 rings (SSSR count). The van der Waals surface area contributed by atoms with E-state index in [2.05, 4.69) is 11.7 Å². The summed E-state index contributed by atoms with van der Waals surface area (Å²) in [6, 6.07) is 1.76. The number of hydrogen-bond acceptors (Lipinski definition) is 5. The van der Waals surface area contributed by atoms with E-state index in [9.17, 15) is 33.0 Å². The van der Waals surface area contributed by atoms with Crippen molar-refractivity contribution in [3.63, 3.8) is 0 Å². The smallest absolute Gasteiger partial charge is 0.471 e. The van der Waals surface area contributed by atoms with Gasteiger partial charge in [0, 0.05) is 5.56 Å². The Hall–Kier alpha value is -3.04. The number of phenolic OH excluding ortho intramolecular Hbond substituents is 1. The van der Waals surface area contributed by atoms with Crippen LogP contribution in [0, 0.1) is 0 Å². The van der Waals surface area contributed by atoms with Gasteiger partial charge in [0.1, 0.15) is 18.1 Å². The van der Waals surface area contributed by atoms with Crippen molar-refractivity contribution in [2.24, 2.45) is 5.16 Å². The van der Waals surface area contributed by atoms with Crippen LogP contribution in [0.15, 0.2) is 36.0 Å². The molecule has 0 aromatic heterocycles. The highest BCUT2D eigenvalue weighted by atomic mass is 19.4. The lowest BCUT2D eigenvalue weighted by Crippen LogP contribution is -2.51. The van der Waals surface area contributed by atoms with Gasteiger partial charge in [-0.05, 0) is 11.6 Å². The van der Waals surface area contributed by atoms with Crippen LogP contribution in [0.4, 0.5) is 13.2 Å². The number of aliphatic carboxylic acids is 1. The molecule has 1 aliphatic heterocycles. The molecule has 0 radical (unpaired) electrons. The summed E-state index contributed by atoms with van der Waals surface area (Å²) < 4.78 is 38.5. The van der Waals surface area contributed by atoms with Crippen LogP contribution in [0.5, 0.6) is 5.75 Å². The van der Waals surface area contributed by atoms with Gasteiger partial charge in [-0.2, -0.15) is 13.2 Å². The molecular weight excluding hydrogens is 345 g/mol. The molecule has 2 N–H and O–H groups in total. The summed E-state index contributed by atoms with van der Waals surface area (Å²) in [6.07, 6.45) is -3.94. The van der Waals surface area contributed by atoms with Gasteiger partial charge < -0.3 is 20.0 Å². The molecule has 1 heterocycles. The lowest BCUT2D eigenvalue weighted by molar-refractivity contribution is -0.189. The number of carbonyl (C=O) groups excluding carboxylic acids is 1. The lowest BCUT2D eigenvalue weighted by Gasteiger charge is -2.35. The van der Waals surface area contributed by atoms with Crippen LogP contribution in [-0.4, -0.2) is 52.0 Å². The number of phenols is 1. The van der Waals surface area contributed by atoms with Crippen molar-refractivity contribution < 1.29 is 37.8 Å². The number of halogens is 3. The Labute approximate surface area is 139 Å². The zero-order chi connectivity index (χ0) is 18.8. The predicted octanol–water partition coefficient (Wildman–Crippen LogP) is 1.83. The summed E-state index contributed by atoms with van der Waals surface area (Å²) in [4.78, 5) is 28.1. The standard InChI is InChI=1S/C15H13F3N2O5/c1-2-6-25-19-9-7-20(14(24)15(16,17)18)12(13(22)23)8-4-3-5-10(21)11(8)9/h2-5,12,21H,1,6-7H2,(H,22,23). The molecule has 0 aliphatic carbocycles. The molecule has 0 spiro atoms. The highest BCUT2D eigenvalue weighted by molar-refractivity contribution is 6.10. The van der Waals surface area contributed by atoms with Crippen molar-refractivity contribution >= 4 is 17.6 Å². The van der Waals surface area contributed by atoms with Crippen molar-refractivity contribution in [3.8, 4) is 5.75 Å². The van der Waals surface area contributed by atoms with E-state index in [-0.39, 0.29) is 34.1 Å². The van der Waals surface area contributed by atoms with Crippen molar-refractivity contribution in [1.29, 1.82) is 0 Å². The molecule has 0 saturated heterocycles. The Morgan fingerprint density at radius 1 is 1.44 bits per heavy atom. The van der Waals surface area contributed by atoms with Gasteiger partial charge in [0.25, 0.3) is 0 Å². The third-order valence-electron chi connectivity index (χ3n) is 3.39. The molecule has 0 bridgehead atoms. The van der Waals surface area contributed by atoms with Crippen molar-refractivity contribution in [1.82, 2.24) is 4.90 Å². The second kappa shape index (κ2) is 6.83. The molecule has 10 heteroatoms. The molecule has 0 fully saturated rings. The van der Waals surface area contributed by atoms with E-state index in [1.165, 1.54) is 24.3 Å². The second-order valence-electron chi connectivity index (χ2n) is 5.04. The molecule has 1 unspecified atom stereocenters. The minimum atomic E-state index is -5.27. The first-order chi connectivity index (χ1) is 11.7. The molecular formula is C15H13F3N2O5. The van der Waals surface area contributed by atoms with Gasteiger partial charge in [-0.1, -0.05) is 29.9 Å². The van der Waals surface area contributed by atoms with E-state index in [0.29, 0.717) is 0 Å². The number of aromatic hydroxyl groups is 1. The van der Waals surface area contributed by atoms with E-state index < -0.39 is 30.6 Å². The van der Waals surface area contributed by atoms with E-state index >= 15 is 0 Å². The van der Waals surface area contributed by atoms with Gasteiger partial charge in [0.2, 0.25) is 0 Å². The number of nitrogens with zero attached hydrogens (tertiary/aromatic N) is 2. The molecule has 0 saturated carbocycles. The summed E-state index contributed by atoms with van der Waals surface area (Å²) in [5.74, 6) is -4.38. The summed E-state index contributed by atoms with van der Waals surface area (Å²) in [5, 5.41) is 22.9. The Morgan fingerprint density at radius 3 is 2.68 bits per heavy atom. The van der Waals surface area contributed by atoms with Crippen LogP contribution in [0.3, 0.4) is 0 Å². The fraction of sp³-hybridized carbons (Fsp3) is 0.267. The third kappa shape index (κ3) is 3.57. The maximum atomic E-state index is 12.8. The van der Waals surface area contributed by atoms with Gasteiger partial charge >= 0.3 is 18.1 Å². The highest BCUT2D eigenvalue weighted by Crippen LogP contribution is 2.37. The van der Waals surface area contributed by atoms with E-state index in [1.807, 2.05) is 0 Å². The first kappa shape index (κ1) is 18.3. The third-order valence-corrected chi connectivity index (χ3v) is 3.39. The first-order valence-corrected chi connectivity index (χ1v) is 6.91. The van der Waals surface area contributed by atoms with Crippen molar-refractivity contribution in [2.75, 3.05) is 13.2 Å². The number of carboxylic acids is 1. The van der Waals surface area contributed by atoms with Crippen molar-refractivity contribution in [2.45, 2.75) is 12.2 Å². The molecule has 7 nitrogen and oxygen atoms in total. The summed E-state index contributed by atoms with van der Waals surface area (Å²) in [6.45, 7) is 2.52. The fourth-order valence-corrected chi connectivity index (χ4v) is 2.46. The van der Waals surface area contributed by atoms with E-state index in [4.69, 9.17) is 4.84 Å². The van der Waals surface area contributed by atoms with Crippen LogP contribution in [0.2, 0.25) is 0 Å². The summed E-state index contributed by atoms with van der Waals surface area (Å²) >= 11 is 0. The molecule has 1 aromatic rings. The SMILES string of the molecule is C=CCON=C1CN(C(=O)C(F)(F)F)C(C(=O)O)c2cccc(O)c21. The number of hydrogen-bond donors (Lipinski definition) is 2. The summed E-state index contributed by atoms with van der Waals surface area (Å²) in [5.41, 5.74) is -0.479. The summed E-state index contributed by atoms with van der Waals surface area (Å²) in [7, 11) is 0. The number of carbonyl (C=O) groups is 2. The number of oxime groups is 1. The quantitative estimate of drug-likeness (QED) is 0.486. The number of amides is 1. The monoisotopic (exact) mass is 358 g/mol. The van der Waals surface area contributed by atoms with Gasteiger partial charge in [-0.25, -0.2) is 4.79 Å². The molecule has 1 atom stereocenters. The number of carboxylic acid groups (broad SMARTS) is 1. The van der Waals surface area contributed by atoms with Crippen molar-refractivity contribution in [3.05, 3.63) is 42.0 Å². The van der Waals surface area contributed by atoms with Gasteiger partial charge in [-0.15, -0.1) is 0 Å². The fourth-order valence-electron chi connectivity index (χ4n) is 2.46. The number of rotatable bonds is 4. The number of fused-ring (bicyclic) bond motifs is 1. The molecule has 1 aromatic carbocycles. The van der Waals surface area contributed by atoms with Crippen LogP contribution >= 0.6 is 0 Å². The topological polar surface area (TPSA) is 99.4 Å². The van der Waals surface area contributed by atoms with Gasteiger partial charge in [0.05, 0.1) is 6.54 Å². The zero-order valence-electron chi connectivity index (χ0n) is 12.7. The molecule has 134 valence electrons. The predicted molar refractivity (Wildman–Crippen MR) is 78.9 cm³/mol. The largest absolute Gasteiger partial charge is 0.507 e. The molecule has 25 heavy (non-hydrogen) atoms. The number of alkyl halides is 3. The van der Waals surface area contributed by atoms with E-state index in [1.54, 1.807) is 0 Å². The Morgan fingerprint density at radius 2 is 2.12 bits per heavy atom. The number of benzene rings is 1. The second-order valence-corrected chi connectivity index (χ2v) is 5.04. The molecule has 1 amide bonds. The van der Waals surface area contributed by atoms with Gasteiger partial charge in [-0.3, -0.25) is 4.79 Å². The Bertz CT molecular complexity index is 745. The van der Waals surface area contributed by atoms with Crippen LogP contribution in [0.1, 0.15) is 17.2 Å². The first-order valence-electron chi connectivity index (χ1n) is 6.91. The normalized spacial score (nSPS) is 18.6. The minimum Gasteiger partial charge on any atom is -0.507 e. The van der Waals surface area contributed by atoms with Crippen LogP contribution in [0.25, 0.3) is 0 Å². The zero-order valence-corrected chi connectivity index (χ0v) is 12.7. The average molecular weight is 358 g/mol. The Kier molecular flexibility index (Phi) is 5.00. The van der Waals surface area contributed by atoms with Crippen LogP contribution < -0.4 is 0 Å².